The zero-order valence-electron chi connectivity index (χ0n) is 13.2. The summed E-state index contributed by atoms with van der Waals surface area (Å²) in [4.78, 5) is 12.2. The molecule has 3 N–H and O–H groups in total. The molecule has 2 rings (SSSR count). The molecule has 2 aromatic carbocycles. The van der Waals surface area contributed by atoms with Gasteiger partial charge in [0.05, 0.1) is 0 Å². The van der Waals surface area contributed by atoms with Gasteiger partial charge in [0.15, 0.2) is 6.10 Å². The van der Waals surface area contributed by atoms with Crippen LogP contribution >= 0.6 is 0 Å². The molecule has 4 heteroatoms. The molecule has 0 saturated carbocycles. The number of ether oxygens (including phenoxy) is 1. The first-order valence-corrected chi connectivity index (χ1v) is 7.33. The van der Waals surface area contributed by atoms with Crippen molar-refractivity contribution in [3.05, 3.63) is 59.2 Å². The lowest BCUT2D eigenvalue weighted by molar-refractivity contribution is -0.122. The average molecular weight is 298 g/mol. The highest BCUT2D eigenvalue weighted by atomic mass is 16.5. The van der Waals surface area contributed by atoms with E-state index in [1.165, 1.54) is 0 Å². The topological polar surface area (TPSA) is 64.3 Å². The van der Waals surface area contributed by atoms with Gasteiger partial charge >= 0.3 is 0 Å². The molecule has 0 aliphatic heterocycles. The predicted molar refractivity (Wildman–Crippen MR) is 89.0 cm³/mol. The van der Waals surface area contributed by atoms with Gasteiger partial charge in [0.2, 0.25) is 0 Å². The van der Waals surface area contributed by atoms with Gasteiger partial charge in [-0.15, -0.1) is 0 Å². The Balaban J connectivity index is 2.02. The molecule has 0 heterocycles. The first-order chi connectivity index (χ1) is 10.5. The molecule has 4 nitrogen and oxygen atoms in total. The number of nitrogens with two attached hydrogens (primary N) is 1. The highest BCUT2D eigenvalue weighted by Gasteiger charge is 2.15. The molecule has 116 valence electrons. The van der Waals surface area contributed by atoms with Crippen LogP contribution in [0.3, 0.4) is 0 Å². The van der Waals surface area contributed by atoms with E-state index in [0.717, 1.165) is 22.4 Å². The molecule has 0 radical (unpaired) electrons. The van der Waals surface area contributed by atoms with Crippen LogP contribution in [0.25, 0.3) is 0 Å². The fourth-order valence-corrected chi connectivity index (χ4v) is 2.28. The zero-order valence-corrected chi connectivity index (χ0v) is 13.2. The molecule has 0 bridgehead atoms. The van der Waals surface area contributed by atoms with Crippen molar-refractivity contribution in [2.75, 3.05) is 5.32 Å². The Labute approximate surface area is 131 Å². The van der Waals surface area contributed by atoms with E-state index < -0.39 is 6.10 Å². The third-order valence-electron chi connectivity index (χ3n) is 3.31. The van der Waals surface area contributed by atoms with Crippen LogP contribution in [0.1, 0.15) is 23.6 Å². The number of amides is 1. The third kappa shape index (κ3) is 4.33. The molecular weight excluding hydrogens is 276 g/mol. The van der Waals surface area contributed by atoms with Gasteiger partial charge in [-0.3, -0.25) is 4.79 Å². The second kappa shape index (κ2) is 7.09. The highest BCUT2D eigenvalue weighted by Crippen LogP contribution is 2.18. The van der Waals surface area contributed by atoms with E-state index in [9.17, 15) is 4.79 Å². The van der Waals surface area contributed by atoms with Crippen LogP contribution in [0.2, 0.25) is 0 Å². The number of carbonyl (C=O) groups excluding carboxylic acids is 1. The van der Waals surface area contributed by atoms with Crippen molar-refractivity contribution in [2.45, 2.75) is 33.4 Å². The zero-order chi connectivity index (χ0) is 16.1. The van der Waals surface area contributed by atoms with E-state index in [4.69, 9.17) is 10.5 Å². The van der Waals surface area contributed by atoms with Crippen LogP contribution in [-0.4, -0.2) is 12.0 Å². The summed E-state index contributed by atoms with van der Waals surface area (Å²) >= 11 is 0. The van der Waals surface area contributed by atoms with E-state index >= 15 is 0 Å². The van der Waals surface area contributed by atoms with Gasteiger partial charge in [0.25, 0.3) is 5.91 Å². The van der Waals surface area contributed by atoms with Crippen LogP contribution in [0.15, 0.2) is 42.5 Å². The number of benzene rings is 2. The van der Waals surface area contributed by atoms with Gasteiger partial charge in [-0.05, 0) is 61.7 Å². The fourth-order valence-electron chi connectivity index (χ4n) is 2.28. The van der Waals surface area contributed by atoms with Gasteiger partial charge in [-0.25, -0.2) is 0 Å². The number of aryl methyl sites for hydroxylation is 2. The molecule has 0 aliphatic carbocycles. The lowest BCUT2D eigenvalue weighted by Crippen LogP contribution is -2.30. The Hall–Kier alpha value is -2.33. The van der Waals surface area contributed by atoms with Crippen molar-refractivity contribution in [3.8, 4) is 5.75 Å². The third-order valence-corrected chi connectivity index (χ3v) is 3.31. The lowest BCUT2D eigenvalue weighted by Gasteiger charge is -2.16. The van der Waals surface area contributed by atoms with Gasteiger partial charge < -0.3 is 15.8 Å². The number of hydrogen-bond acceptors (Lipinski definition) is 3. The maximum absolute atomic E-state index is 12.2. The molecule has 1 unspecified atom stereocenters. The molecule has 0 spiro atoms. The fraction of sp³-hybridized carbons (Fsp3) is 0.278. The summed E-state index contributed by atoms with van der Waals surface area (Å²) in [5.41, 5.74) is 9.52. The Bertz CT molecular complexity index is 648. The Kier molecular flexibility index (Phi) is 5.17. The summed E-state index contributed by atoms with van der Waals surface area (Å²) < 4.78 is 5.73. The van der Waals surface area contributed by atoms with Crippen molar-refractivity contribution in [1.82, 2.24) is 0 Å². The Morgan fingerprint density at radius 3 is 2.50 bits per heavy atom. The van der Waals surface area contributed by atoms with Crippen LogP contribution in [0, 0.1) is 13.8 Å². The summed E-state index contributed by atoms with van der Waals surface area (Å²) in [6.07, 6.45) is -0.581. The lowest BCUT2D eigenvalue weighted by atomic mass is 10.1. The van der Waals surface area contributed by atoms with Crippen molar-refractivity contribution >= 4 is 11.6 Å². The quantitative estimate of drug-likeness (QED) is 0.891. The summed E-state index contributed by atoms with van der Waals surface area (Å²) in [5, 5.41) is 2.85. The van der Waals surface area contributed by atoms with Gasteiger partial charge in [0, 0.05) is 12.2 Å². The standard InChI is InChI=1S/C18H22N2O2/c1-12-7-13(2)9-17(8-12)22-14(3)18(21)20-16-6-4-5-15(10-16)11-19/h4-10,14H,11,19H2,1-3H3,(H,20,21). The molecule has 1 atom stereocenters. The highest BCUT2D eigenvalue weighted by molar-refractivity contribution is 5.94. The minimum atomic E-state index is -0.581. The number of carbonyl (C=O) groups is 1. The van der Waals surface area contributed by atoms with Crippen molar-refractivity contribution < 1.29 is 9.53 Å². The first-order valence-electron chi connectivity index (χ1n) is 7.33. The van der Waals surface area contributed by atoms with E-state index in [1.54, 1.807) is 6.92 Å². The van der Waals surface area contributed by atoms with Crippen LogP contribution in [0.5, 0.6) is 5.75 Å². The molecule has 2 aromatic rings. The molecular formula is C18H22N2O2. The summed E-state index contributed by atoms with van der Waals surface area (Å²) in [6.45, 7) is 6.18. The largest absolute Gasteiger partial charge is 0.481 e. The van der Waals surface area contributed by atoms with E-state index in [2.05, 4.69) is 11.4 Å². The maximum Gasteiger partial charge on any atom is 0.265 e. The molecule has 22 heavy (non-hydrogen) atoms. The van der Waals surface area contributed by atoms with Crippen molar-refractivity contribution in [1.29, 1.82) is 0 Å². The van der Waals surface area contributed by atoms with Gasteiger partial charge in [-0.1, -0.05) is 18.2 Å². The van der Waals surface area contributed by atoms with E-state index in [-0.39, 0.29) is 5.91 Å². The summed E-state index contributed by atoms with van der Waals surface area (Å²) in [6, 6.07) is 13.4. The first kappa shape index (κ1) is 16.0. The monoisotopic (exact) mass is 298 g/mol. The molecule has 0 aromatic heterocycles. The number of nitrogens with one attached hydrogen (secondary N) is 1. The van der Waals surface area contributed by atoms with Gasteiger partial charge in [0.1, 0.15) is 5.75 Å². The van der Waals surface area contributed by atoms with Crippen LogP contribution in [-0.2, 0) is 11.3 Å². The maximum atomic E-state index is 12.2. The number of hydrogen-bond donors (Lipinski definition) is 2. The van der Waals surface area contributed by atoms with Crippen LogP contribution in [0.4, 0.5) is 5.69 Å². The molecule has 0 saturated heterocycles. The summed E-state index contributed by atoms with van der Waals surface area (Å²) in [5.74, 6) is 0.518. The average Bonchev–Trinajstić information content (AvgIpc) is 2.46. The molecule has 0 fully saturated rings. The normalized spacial score (nSPS) is 11.8. The minimum absolute atomic E-state index is 0.187. The van der Waals surface area contributed by atoms with Crippen molar-refractivity contribution in [2.24, 2.45) is 5.73 Å². The predicted octanol–water partition coefficient (Wildman–Crippen LogP) is 3.17. The number of anilines is 1. The molecule has 0 aliphatic rings. The SMILES string of the molecule is Cc1cc(C)cc(OC(C)C(=O)Nc2cccc(CN)c2)c1. The molecule has 1 amide bonds. The number of rotatable bonds is 5. The van der Waals surface area contributed by atoms with Gasteiger partial charge in [-0.2, -0.15) is 0 Å². The second-order valence-electron chi connectivity index (χ2n) is 5.48. The van der Waals surface area contributed by atoms with Crippen LogP contribution < -0.4 is 15.8 Å². The summed E-state index contributed by atoms with van der Waals surface area (Å²) in [7, 11) is 0. The smallest absolute Gasteiger partial charge is 0.265 e. The van der Waals surface area contributed by atoms with E-state index in [0.29, 0.717) is 12.3 Å². The Morgan fingerprint density at radius 2 is 1.86 bits per heavy atom. The minimum Gasteiger partial charge on any atom is -0.481 e. The van der Waals surface area contributed by atoms with Crippen molar-refractivity contribution in [3.63, 3.8) is 0 Å². The second-order valence-corrected chi connectivity index (χ2v) is 5.48. The van der Waals surface area contributed by atoms with E-state index in [1.807, 2.05) is 50.2 Å². The Morgan fingerprint density at radius 1 is 1.18 bits per heavy atom.